The van der Waals surface area contributed by atoms with E-state index in [-0.39, 0.29) is 49.8 Å². The van der Waals surface area contributed by atoms with Gasteiger partial charge in [-0.05, 0) is 42.2 Å². The summed E-state index contributed by atoms with van der Waals surface area (Å²) in [6, 6.07) is 16.0. The number of amides is 4. The number of aliphatic imine (C=N–C) groups is 1. The molecule has 8 N–H and O–H groups in total. The van der Waals surface area contributed by atoms with Gasteiger partial charge in [-0.3, -0.25) is 19.4 Å². The summed E-state index contributed by atoms with van der Waals surface area (Å²) in [5, 5.41) is 11.0. The fraction of sp³-hybridized carbons (Fsp3) is 0.441. The van der Waals surface area contributed by atoms with Crippen molar-refractivity contribution in [3.63, 3.8) is 0 Å². The molecule has 2 aromatic carbocycles. The van der Waals surface area contributed by atoms with Crippen LogP contribution in [0, 0.1) is 11.8 Å². The molecule has 0 aliphatic heterocycles. The second-order valence-electron chi connectivity index (χ2n) is 11.7. The second kappa shape index (κ2) is 20.2. The molecule has 0 bridgehead atoms. The predicted octanol–water partition coefficient (Wildman–Crippen LogP) is 2.84. The van der Waals surface area contributed by atoms with Gasteiger partial charge in [0.2, 0.25) is 17.7 Å². The van der Waals surface area contributed by atoms with Crippen LogP contribution in [0.15, 0.2) is 71.7 Å². The molecular formula is C34H49N7O5. The number of carbonyl (C=O) groups excluding carboxylic acids is 4. The average molecular weight is 636 g/mol. The van der Waals surface area contributed by atoms with E-state index in [2.05, 4.69) is 26.3 Å². The molecule has 0 saturated heterocycles. The highest BCUT2D eigenvalue weighted by molar-refractivity contribution is 5.94. The number of rotatable bonds is 18. The largest absolute Gasteiger partial charge is 0.445 e. The molecular weight excluding hydrogens is 586 g/mol. The number of benzene rings is 2. The topological polar surface area (TPSA) is 190 Å². The van der Waals surface area contributed by atoms with Gasteiger partial charge in [0, 0.05) is 13.1 Å². The summed E-state index contributed by atoms with van der Waals surface area (Å²) >= 11 is 0. The Labute approximate surface area is 271 Å². The summed E-state index contributed by atoms with van der Waals surface area (Å²) in [7, 11) is 0. The summed E-state index contributed by atoms with van der Waals surface area (Å²) in [5.41, 5.74) is 12.6. The summed E-state index contributed by atoms with van der Waals surface area (Å²) < 4.78 is 5.31. The lowest BCUT2D eigenvalue weighted by Gasteiger charge is -2.27. The maximum Gasteiger partial charge on any atom is 0.408 e. The van der Waals surface area contributed by atoms with E-state index in [1.807, 2.05) is 101 Å². The number of nitrogens with two attached hydrogens (primary N) is 2. The molecule has 2 rings (SSSR count). The lowest BCUT2D eigenvalue weighted by atomic mass is 9.99. The lowest BCUT2D eigenvalue weighted by Crippen LogP contribution is -2.58. The van der Waals surface area contributed by atoms with Crippen LogP contribution < -0.4 is 32.7 Å². The third-order valence-electron chi connectivity index (χ3n) is 6.86. The van der Waals surface area contributed by atoms with Crippen molar-refractivity contribution in [2.75, 3.05) is 13.1 Å². The minimum absolute atomic E-state index is 0.0219. The van der Waals surface area contributed by atoms with Crippen molar-refractivity contribution in [3.8, 4) is 0 Å². The monoisotopic (exact) mass is 635 g/mol. The first-order valence-corrected chi connectivity index (χ1v) is 15.6. The number of carbonyl (C=O) groups is 4. The Bertz CT molecular complexity index is 1300. The van der Waals surface area contributed by atoms with Gasteiger partial charge in [-0.15, -0.1) is 0 Å². The second-order valence-corrected chi connectivity index (χ2v) is 11.7. The molecule has 0 spiro atoms. The van der Waals surface area contributed by atoms with Crippen molar-refractivity contribution < 1.29 is 23.9 Å². The summed E-state index contributed by atoms with van der Waals surface area (Å²) in [6.45, 7) is 8.05. The molecule has 2 aromatic rings. The van der Waals surface area contributed by atoms with Crippen molar-refractivity contribution in [1.29, 1.82) is 0 Å². The number of alkyl carbamates (subject to hydrolysis) is 1. The Morgan fingerprint density at radius 1 is 0.826 bits per heavy atom. The maximum absolute atomic E-state index is 13.5. The van der Waals surface area contributed by atoms with Crippen LogP contribution in [-0.2, 0) is 25.7 Å². The highest BCUT2D eigenvalue weighted by atomic mass is 16.5. The van der Waals surface area contributed by atoms with Crippen LogP contribution in [0.4, 0.5) is 4.79 Å². The fourth-order valence-electron chi connectivity index (χ4n) is 4.47. The number of nitrogens with one attached hydrogen (secondary N) is 4. The van der Waals surface area contributed by atoms with Gasteiger partial charge in [0.05, 0.1) is 0 Å². The maximum atomic E-state index is 13.5. The van der Waals surface area contributed by atoms with E-state index in [0.717, 1.165) is 11.1 Å². The molecule has 0 fully saturated rings. The third kappa shape index (κ3) is 14.7. The van der Waals surface area contributed by atoms with Crippen LogP contribution in [0.2, 0.25) is 0 Å². The van der Waals surface area contributed by atoms with Gasteiger partial charge < -0.3 is 37.5 Å². The van der Waals surface area contributed by atoms with Crippen molar-refractivity contribution >= 4 is 35.9 Å². The molecule has 250 valence electrons. The van der Waals surface area contributed by atoms with Crippen LogP contribution in [0.5, 0.6) is 0 Å². The number of nitrogens with zero attached hydrogens (tertiary/aromatic N) is 1. The first kappa shape index (κ1) is 37.3. The molecule has 0 saturated carbocycles. The van der Waals surface area contributed by atoms with E-state index < -0.39 is 36.0 Å². The molecule has 46 heavy (non-hydrogen) atoms. The van der Waals surface area contributed by atoms with E-state index in [1.165, 1.54) is 0 Å². The molecule has 4 amide bonds. The highest BCUT2D eigenvalue weighted by Gasteiger charge is 2.31. The van der Waals surface area contributed by atoms with Gasteiger partial charge in [0.15, 0.2) is 5.96 Å². The summed E-state index contributed by atoms with van der Waals surface area (Å²) in [6.07, 6.45) is 3.82. The van der Waals surface area contributed by atoms with E-state index in [9.17, 15) is 19.2 Å². The van der Waals surface area contributed by atoms with Gasteiger partial charge in [0.1, 0.15) is 24.7 Å². The van der Waals surface area contributed by atoms with E-state index in [1.54, 1.807) is 0 Å². The molecule has 0 radical (unpaired) electrons. The van der Waals surface area contributed by atoms with E-state index >= 15 is 0 Å². The van der Waals surface area contributed by atoms with E-state index in [4.69, 9.17) is 16.2 Å². The molecule has 12 nitrogen and oxygen atoms in total. The fourth-order valence-corrected chi connectivity index (χ4v) is 4.47. The zero-order chi connectivity index (χ0) is 33.9. The standard InChI is InChI=1S/C34H49N7O5/c1-23(2)21-28(31(43)41-29(24(3)4)32(44)37-19-11-17-25-13-7-5-8-14-25)39-30(42)27(18-12-20-38-33(35)36)40-34(45)46-22-26-15-9-6-10-16-26/h5-11,13-17,23-24,27-29H,12,18-22H2,1-4H3,(H,37,44)(H,39,42)(H,40,45)(H,41,43)(H4,35,36,38)/t27-,28-,29-/m0/s1. The van der Waals surface area contributed by atoms with Gasteiger partial charge in [0.25, 0.3) is 0 Å². The number of guanidine groups is 1. The molecule has 0 aliphatic carbocycles. The summed E-state index contributed by atoms with van der Waals surface area (Å²) in [5.74, 6) is -1.67. The molecule has 0 aromatic heterocycles. The van der Waals surface area contributed by atoms with Crippen molar-refractivity contribution in [3.05, 3.63) is 77.9 Å². The van der Waals surface area contributed by atoms with Crippen LogP contribution in [0.3, 0.4) is 0 Å². The zero-order valence-electron chi connectivity index (χ0n) is 27.2. The molecule has 0 heterocycles. The minimum Gasteiger partial charge on any atom is -0.445 e. The minimum atomic E-state index is -1.03. The van der Waals surface area contributed by atoms with Crippen LogP contribution in [-0.4, -0.2) is 61.0 Å². The van der Waals surface area contributed by atoms with Crippen molar-refractivity contribution in [2.24, 2.45) is 28.3 Å². The quantitative estimate of drug-likeness (QED) is 0.0824. The lowest BCUT2D eigenvalue weighted by molar-refractivity contribution is -0.133. The smallest absolute Gasteiger partial charge is 0.408 e. The zero-order valence-corrected chi connectivity index (χ0v) is 27.2. The normalized spacial score (nSPS) is 13.0. The number of hydrogen-bond donors (Lipinski definition) is 6. The van der Waals surface area contributed by atoms with Crippen LogP contribution in [0.25, 0.3) is 6.08 Å². The van der Waals surface area contributed by atoms with Gasteiger partial charge in [-0.2, -0.15) is 0 Å². The Morgan fingerprint density at radius 2 is 1.46 bits per heavy atom. The van der Waals surface area contributed by atoms with Crippen molar-refractivity contribution in [1.82, 2.24) is 21.3 Å². The number of ether oxygens (including phenoxy) is 1. The Morgan fingerprint density at radius 3 is 2.07 bits per heavy atom. The molecule has 12 heteroatoms. The molecule has 0 unspecified atom stereocenters. The Balaban J connectivity index is 2.08. The van der Waals surface area contributed by atoms with Gasteiger partial charge >= 0.3 is 6.09 Å². The highest BCUT2D eigenvalue weighted by Crippen LogP contribution is 2.10. The molecule has 0 aliphatic rings. The first-order chi connectivity index (χ1) is 22.0. The average Bonchev–Trinajstić information content (AvgIpc) is 3.02. The molecule has 3 atom stereocenters. The first-order valence-electron chi connectivity index (χ1n) is 15.6. The van der Waals surface area contributed by atoms with E-state index in [0.29, 0.717) is 12.8 Å². The number of hydrogen-bond acceptors (Lipinski definition) is 6. The van der Waals surface area contributed by atoms with Crippen molar-refractivity contribution in [2.45, 2.75) is 71.7 Å². The van der Waals surface area contributed by atoms with Gasteiger partial charge in [-0.1, -0.05) is 101 Å². The Hall–Kier alpha value is -4.87. The third-order valence-corrected chi connectivity index (χ3v) is 6.86. The van der Waals surface area contributed by atoms with Crippen LogP contribution >= 0.6 is 0 Å². The van der Waals surface area contributed by atoms with Crippen LogP contribution in [0.1, 0.15) is 58.1 Å². The Kier molecular flexibility index (Phi) is 16.4. The summed E-state index contributed by atoms with van der Waals surface area (Å²) in [4.78, 5) is 56.6. The predicted molar refractivity (Wildman–Crippen MR) is 180 cm³/mol. The SMILES string of the molecule is CC(C)C[C@H](NC(=O)[C@H](CCCN=C(N)N)NC(=O)OCc1ccccc1)C(=O)N[C@H](C(=O)NCC=Cc1ccccc1)C(C)C. The van der Waals surface area contributed by atoms with Gasteiger partial charge in [-0.25, -0.2) is 4.79 Å².